The van der Waals surface area contributed by atoms with Crippen LogP contribution in [0.1, 0.15) is 39.4 Å². The maximum atomic E-state index is 11.8. The predicted molar refractivity (Wildman–Crippen MR) is 65.4 cm³/mol. The number of nitrogens with zero attached hydrogens (tertiary/aromatic N) is 2. The predicted octanol–water partition coefficient (Wildman–Crippen LogP) is 1.92. The van der Waals surface area contributed by atoms with Gasteiger partial charge in [0.1, 0.15) is 11.4 Å². The highest BCUT2D eigenvalue weighted by Crippen LogP contribution is 2.20. The van der Waals surface area contributed by atoms with E-state index in [0.29, 0.717) is 5.82 Å². The minimum atomic E-state index is -0.502. The number of carbonyl (C=O) groups excluding carboxylic acids is 1. The third-order valence-corrected chi connectivity index (χ3v) is 2.33. The number of hydrogen-bond acceptors (Lipinski definition) is 4. The SMILES string of the molecule is C[C@@H](c1cc(N)n[nH]1)N(C)C(=O)OC(C)(C)C. The van der Waals surface area contributed by atoms with Crippen LogP contribution >= 0.6 is 0 Å². The highest BCUT2D eigenvalue weighted by molar-refractivity contribution is 5.68. The van der Waals surface area contributed by atoms with E-state index in [1.165, 1.54) is 4.90 Å². The zero-order valence-electron chi connectivity index (χ0n) is 10.9. The van der Waals surface area contributed by atoms with Gasteiger partial charge in [-0.25, -0.2) is 4.79 Å². The second kappa shape index (κ2) is 4.65. The molecule has 1 aromatic heterocycles. The molecule has 0 unspecified atom stereocenters. The average molecular weight is 240 g/mol. The number of amides is 1. The summed E-state index contributed by atoms with van der Waals surface area (Å²) in [6.45, 7) is 7.36. The molecule has 6 nitrogen and oxygen atoms in total. The Balaban J connectivity index is 2.70. The van der Waals surface area contributed by atoms with Crippen molar-refractivity contribution in [3.8, 4) is 0 Å². The molecule has 1 atom stereocenters. The number of carbonyl (C=O) groups is 1. The molecule has 0 bridgehead atoms. The summed E-state index contributed by atoms with van der Waals surface area (Å²) in [5, 5.41) is 6.61. The number of nitrogens with two attached hydrogens (primary N) is 1. The molecule has 0 aliphatic heterocycles. The fourth-order valence-electron chi connectivity index (χ4n) is 1.27. The van der Waals surface area contributed by atoms with E-state index in [9.17, 15) is 4.79 Å². The molecule has 17 heavy (non-hydrogen) atoms. The van der Waals surface area contributed by atoms with Crippen molar-refractivity contribution in [2.75, 3.05) is 12.8 Å². The van der Waals surface area contributed by atoms with Crippen LogP contribution in [-0.4, -0.2) is 33.8 Å². The van der Waals surface area contributed by atoms with Gasteiger partial charge < -0.3 is 15.4 Å². The lowest BCUT2D eigenvalue weighted by Gasteiger charge is -2.28. The third-order valence-electron chi connectivity index (χ3n) is 2.33. The third kappa shape index (κ3) is 3.65. The Morgan fingerprint density at radius 1 is 1.59 bits per heavy atom. The number of nitrogen functional groups attached to an aromatic ring is 1. The van der Waals surface area contributed by atoms with E-state index in [1.807, 2.05) is 27.7 Å². The van der Waals surface area contributed by atoms with Crippen molar-refractivity contribution in [2.45, 2.75) is 39.3 Å². The van der Waals surface area contributed by atoms with Gasteiger partial charge in [0.25, 0.3) is 0 Å². The van der Waals surface area contributed by atoms with Crippen LogP contribution in [0.4, 0.5) is 10.6 Å². The van der Waals surface area contributed by atoms with Gasteiger partial charge >= 0.3 is 6.09 Å². The minimum Gasteiger partial charge on any atom is -0.444 e. The van der Waals surface area contributed by atoms with Gasteiger partial charge in [-0.2, -0.15) is 5.10 Å². The van der Waals surface area contributed by atoms with Crippen LogP contribution < -0.4 is 5.73 Å². The molecule has 1 rings (SSSR count). The topological polar surface area (TPSA) is 84.2 Å². The quantitative estimate of drug-likeness (QED) is 0.827. The molecular formula is C11H20N4O2. The van der Waals surface area contributed by atoms with Gasteiger partial charge in [-0.1, -0.05) is 0 Å². The summed E-state index contributed by atoms with van der Waals surface area (Å²) in [6, 6.07) is 1.53. The molecule has 0 fully saturated rings. The fourth-order valence-corrected chi connectivity index (χ4v) is 1.27. The molecular weight excluding hydrogens is 220 g/mol. The number of H-pyrrole nitrogens is 1. The molecule has 0 saturated carbocycles. The highest BCUT2D eigenvalue weighted by atomic mass is 16.6. The van der Waals surface area contributed by atoms with Gasteiger partial charge in [0.2, 0.25) is 0 Å². The lowest BCUT2D eigenvalue weighted by atomic mass is 10.2. The van der Waals surface area contributed by atoms with Crippen molar-refractivity contribution < 1.29 is 9.53 Å². The Morgan fingerprint density at radius 3 is 2.59 bits per heavy atom. The van der Waals surface area contributed by atoms with E-state index >= 15 is 0 Å². The molecule has 1 aromatic rings. The fraction of sp³-hybridized carbons (Fsp3) is 0.636. The number of anilines is 1. The van der Waals surface area contributed by atoms with Crippen LogP contribution in [0.5, 0.6) is 0 Å². The minimum absolute atomic E-state index is 0.172. The monoisotopic (exact) mass is 240 g/mol. The Hall–Kier alpha value is -1.72. The average Bonchev–Trinajstić information content (AvgIpc) is 2.60. The van der Waals surface area contributed by atoms with Crippen LogP contribution in [0.2, 0.25) is 0 Å². The first kappa shape index (κ1) is 13.3. The maximum absolute atomic E-state index is 11.8. The summed E-state index contributed by atoms with van der Waals surface area (Å²) < 4.78 is 5.27. The van der Waals surface area contributed by atoms with Crippen molar-refractivity contribution in [3.63, 3.8) is 0 Å². The van der Waals surface area contributed by atoms with Crippen LogP contribution in [0.3, 0.4) is 0 Å². The van der Waals surface area contributed by atoms with E-state index in [0.717, 1.165) is 5.69 Å². The van der Waals surface area contributed by atoms with E-state index in [2.05, 4.69) is 10.2 Å². The maximum Gasteiger partial charge on any atom is 0.410 e. The van der Waals surface area contributed by atoms with Crippen molar-refractivity contribution in [1.82, 2.24) is 15.1 Å². The largest absolute Gasteiger partial charge is 0.444 e. The van der Waals surface area contributed by atoms with Crippen LogP contribution in [0.25, 0.3) is 0 Å². The first-order chi connectivity index (χ1) is 7.70. The van der Waals surface area contributed by atoms with Crippen LogP contribution in [-0.2, 0) is 4.74 Å². The Bertz CT molecular complexity index is 394. The Labute approximate surface area is 101 Å². The summed E-state index contributed by atoms with van der Waals surface area (Å²) in [4.78, 5) is 13.3. The van der Waals surface area contributed by atoms with Crippen molar-refractivity contribution >= 4 is 11.9 Å². The summed E-state index contributed by atoms with van der Waals surface area (Å²) >= 11 is 0. The molecule has 0 aliphatic carbocycles. The Morgan fingerprint density at radius 2 is 2.18 bits per heavy atom. The van der Waals surface area contributed by atoms with Gasteiger partial charge in [-0.15, -0.1) is 0 Å². The molecule has 0 aromatic carbocycles. The number of aromatic amines is 1. The second-order valence-electron chi connectivity index (χ2n) is 5.02. The van der Waals surface area contributed by atoms with E-state index in [1.54, 1.807) is 13.1 Å². The molecule has 1 heterocycles. The number of rotatable bonds is 2. The van der Waals surface area contributed by atoms with E-state index in [4.69, 9.17) is 10.5 Å². The number of nitrogens with one attached hydrogen (secondary N) is 1. The van der Waals surface area contributed by atoms with Crippen LogP contribution in [0.15, 0.2) is 6.07 Å². The van der Waals surface area contributed by atoms with Crippen LogP contribution in [0, 0.1) is 0 Å². The van der Waals surface area contributed by atoms with Gasteiger partial charge in [0.05, 0.1) is 11.7 Å². The molecule has 0 saturated heterocycles. The van der Waals surface area contributed by atoms with Crippen molar-refractivity contribution in [3.05, 3.63) is 11.8 Å². The molecule has 0 radical (unpaired) electrons. The number of ether oxygens (including phenoxy) is 1. The summed E-state index contributed by atoms with van der Waals surface area (Å²) in [5.74, 6) is 0.407. The second-order valence-corrected chi connectivity index (χ2v) is 5.02. The molecule has 0 aliphatic rings. The molecule has 6 heteroatoms. The molecule has 0 spiro atoms. The Kier molecular flexibility index (Phi) is 3.65. The highest BCUT2D eigenvalue weighted by Gasteiger charge is 2.24. The standard InChI is InChI=1S/C11H20N4O2/c1-7(8-6-9(12)14-13-8)15(5)10(16)17-11(2,3)4/h6-7H,1-5H3,(H3,12,13,14)/t7-/m0/s1. The lowest BCUT2D eigenvalue weighted by molar-refractivity contribution is 0.0230. The van der Waals surface area contributed by atoms with Gasteiger partial charge in [0, 0.05) is 13.1 Å². The number of hydrogen-bond donors (Lipinski definition) is 2. The van der Waals surface area contributed by atoms with Crippen molar-refractivity contribution in [2.24, 2.45) is 0 Å². The molecule has 96 valence electrons. The van der Waals surface area contributed by atoms with E-state index in [-0.39, 0.29) is 12.1 Å². The van der Waals surface area contributed by atoms with Gasteiger partial charge in [0.15, 0.2) is 0 Å². The first-order valence-electron chi connectivity index (χ1n) is 5.47. The van der Waals surface area contributed by atoms with Gasteiger partial charge in [-0.05, 0) is 27.7 Å². The van der Waals surface area contributed by atoms with Gasteiger partial charge in [-0.3, -0.25) is 5.10 Å². The molecule has 3 N–H and O–H groups in total. The number of aromatic nitrogens is 2. The normalized spacial score (nSPS) is 13.2. The smallest absolute Gasteiger partial charge is 0.410 e. The zero-order chi connectivity index (χ0) is 13.2. The molecule has 1 amide bonds. The summed E-state index contributed by atoms with van der Waals surface area (Å²) in [7, 11) is 1.68. The lowest BCUT2D eigenvalue weighted by Crippen LogP contribution is -2.35. The summed E-state index contributed by atoms with van der Waals surface area (Å²) in [6.07, 6.45) is -0.377. The summed E-state index contributed by atoms with van der Waals surface area (Å²) in [5.41, 5.74) is 5.79. The zero-order valence-corrected chi connectivity index (χ0v) is 10.9. The van der Waals surface area contributed by atoms with Crippen molar-refractivity contribution in [1.29, 1.82) is 0 Å². The van der Waals surface area contributed by atoms with E-state index < -0.39 is 5.60 Å². The first-order valence-corrected chi connectivity index (χ1v) is 5.47.